The number of amides is 5. The number of phenols is 1. The average molecular weight is 580 g/mol. The molecule has 1 aromatic rings. The SMILES string of the molecule is NC(=O)CCC(N)C(=O)NC(Cc1ccc(O)cc1)C(=O)NC(CC(N)=O)C(=O)NC(CCCN=C(N)N)C(=O)O. The van der Waals surface area contributed by atoms with E-state index in [0.717, 1.165) is 0 Å². The van der Waals surface area contributed by atoms with Crippen molar-refractivity contribution in [3.05, 3.63) is 29.8 Å². The van der Waals surface area contributed by atoms with Crippen molar-refractivity contribution in [3.63, 3.8) is 0 Å². The molecule has 1 rings (SSSR count). The molecule has 0 saturated heterocycles. The molecule has 0 aliphatic carbocycles. The maximum Gasteiger partial charge on any atom is 0.326 e. The van der Waals surface area contributed by atoms with Gasteiger partial charge in [-0.25, -0.2) is 4.79 Å². The highest BCUT2D eigenvalue weighted by Crippen LogP contribution is 2.12. The molecule has 4 atom stereocenters. The number of hydrogen-bond acceptors (Lipinski definition) is 9. The molecule has 41 heavy (non-hydrogen) atoms. The van der Waals surface area contributed by atoms with Crippen molar-refractivity contribution in [3.8, 4) is 5.75 Å². The van der Waals surface area contributed by atoms with Crippen LogP contribution in [0.15, 0.2) is 29.3 Å². The minimum absolute atomic E-state index is 0.0447. The van der Waals surface area contributed by atoms with E-state index in [0.29, 0.717) is 5.56 Å². The number of nitrogens with zero attached hydrogens (tertiary/aromatic N) is 1. The number of phenolic OH excluding ortho intramolecular Hbond substituents is 1. The summed E-state index contributed by atoms with van der Waals surface area (Å²) in [4.78, 5) is 76.9. The third kappa shape index (κ3) is 13.6. The molecule has 0 saturated carbocycles. The summed E-state index contributed by atoms with van der Waals surface area (Å²) in [6.07, 6.45) is -0.970. The van der Waals surface area contributed by atoms with Crippen molar-refractivity contribution in [2.45, 2.75) is 62.7 Å². The number of aromatic hydroxyl groups is 1. The molecule has 17 nitrogen and oxygen atoms in total. The summed E-state index contributed by atoms with van der Waals surface area (Å²) in [5.74, 6) is -6.00. The van der Waals surface area contributed by atoms with Crippen molar-refractivity contribution in [1.29, 1.82) is 0 Å². The Morgan fingerprint density at radius 1 is 0.780 bits per heavy atom. The Kier molecular flexibility index (Phi) is 14.1. The second-order valence-electron chi connectivity index (χ2n) is 9.12. The predicted octanol–water partition coefficient (Wildman–Crippen LogP) is -4.00. The van der Waals surface area contributed by atoms with Crippen molar-refractivity contribution in [2.75, 3.05) is 6.54 Å². The molecule has 0 aliphatic rings. The molecule has 0 aromatic heterocycles. The fraction of sp³-hybridized carbons (Fsp3) is 0.458. The van der Waals surface area contributed by atoms with Gasteiger partial charge in [-0.1, -0.05) is 12.1 Å². The van der Waals surface area contributed by atoms with E-state index in [9.17, 15) is 39.0 Å². The van der Waals surface area contributed by atoms with Crippen LogP contribution in [0.25, 0.3) is 0 Å². The van der Waals surface area contributed by atoms with Gasteiger partial charge in [0.2, 0.25) is 29.5 Å². The second kappa shape index (κ2) is 16.9. The molecule has 17 heteroatoms. The van der Waals surface area contributed by atoms with E-state index in [1.807, 2.05) is 0 Å². The number of carbonyl (C=O) groups excluding carboxylic acids is 5. The fourth-order valence-corrected chi connectivity index (χ4v) is 3.50. The molecule has 0 radical (unpaired) electrons. The van der Waals surface area contributed by atoms with Gasteiger partial charge in [-0.05, 0) is 37.0 Å². The van der Waals surface area contributed by atoms with Gasteiger partial charge in [0.1, 0.15) is 23.9 Å². The summed E-state index contributed by atoms with van der Waals surface area (Å²) < 4.78 is 0. The third-order valence-corrected chi connectivity index (χ3v) is 5.65. The number of nitrogens with one attached hydrogen (secondary N) is 3. The summed E-state index contributed by atoms with van der Waals surface area (Å²) in [7, 11) is 0. The lowest BCUT2D eigenvalue weighted by Gasteiger charge is -2.25. The molecule has 0 aliphatic heterocycles. The van der Waals surface area contributed by atoms with Gasteiger partial charge in [0.15, 0.2) is 5.96 Å². The van der Waals surface area contributed by atoms with Gasteiger partial charge in [-0.15, -0.1) is 0 Å². The number of aliphatic imine (C=N–C) groups is 1. The predicted molar refractivity (Wildman–Crippen MR) is 145 cm³/mol. The molecular formula is C24H37N9O8. The Morgan fingerprint density at radius 2 is 1.34 bits per heavy atom. The van der Waals surface area contributed by atoms with Crippen LogP contribution < -0.4 is 44.6 Å². The number of aliphatic carboxylic acids is 1. The lowest BCUT2D eigenvalue weighted by molar-refractivity contribution is -0.142. The van der Waals surface area contributed by atoms with E-state index < -0.39 is 66.1 Å². The van der Waals surface area contributed by atoms with E-state index in [4.69, 9.17) is 28.7 Å². The fourth-order valence-electron chi connectivity index (χ4n) is 3.50. The van der Waals surface area contributed by atoms with E-state index in [1.54, 1.807) is 0 Å². The molecule has 226 valence electrons. The summed E-state index contributed by atoms with van der Waals surface area (Å²) in [6, 6.07) is 0.148. The molecule has 5 amide bonds. The van der Waals surface area contributed by atoms with Gasteiger partial charge >= 0.3 is 5.97 Å². The maximum absolute atomic E-state index is 13.3. The number of carbonyl (C=O) groups is 6. The molecule has 0 heterocycles. The average Bonchev–Trinajstić information content (AvgIpc) is 2.88. The number of guanidine groups is 1. The lowest BCUT2D eigenvalue weighted by atomic mass is 10.0. The van der Waals surface area contributed by atoms with E-state index in [2.05, 4.69) is 20.9 Å². The first kappa shape index (κ1) is 34.1. The van der Waals surface area contributed by atoms with Crippen LogP contribution in [0.2, 0.25) is 0 Å². The summed E-state index contributed by atoms with van der Waals surface area (Å²) >= 11 is 0. The normalized spacial score (nSPS) is 13.5. The van der Waals surface area contributed by atoms with E-state index in [1.165, 1.54) is 24.3 Å². The second-order valence-corrected chi connectivity index (χ2v) is 9.12. The molecule has 1 aromatic carbocycles. The number of nitrogens with two attached hydrogens (primary N) is 5. The van der Waals surface area contributed by atoms with Crippen LogP contribution in [0.1, 0.15) is 37.7 Å². The first-order valence-corrected chi connectivity index (χ1v) is 12.5. The number of rotatable bonds is 18. The van der Waals surface area contributed by atoms with Crippen LogP contribution in [0.4, 0.5) is 0 Å². The third-order valence-electron chi connectivity index (χ3n) is 5.65. The molecule has 15 N–H and O–H groups in total. The number of carboxylic acids is 1. The Balaban J connectivity index is 3.10. The Hall–Kier alpha value is -4.93. The van der Waals surface area contributed by atoms with Crippen molar-refractivity contribution < 1.29 is 39.0 Å². The van der Waals surface area contributed by atoms with Gasteiger partial charge in [0.05, 0.1) is 12.5 Å². The van der Waals surface area contributed by atoms with Gasteiger partial charge in [0.25, 0.3) is 0 Å². The van der Waals surface area contributed by atoms with E-state index in [-0.39, 0.29) is 50.4 Å². The molecule has 0 fully saturated rings. The van der Waals surface area contributed by atoms with Gasteiger partial charge in [-0.2, -0.15) is 0 Å². The first-order chi connectivity index (χ1) is 19.2. The topological polar surface area (TPSA) is 321 Å². The summed E-state index contributed by atoms with van der Waals surface area (Å²) in [5, 5.41) is 26.0. The highest BCUT2D eigenvalue weighted by atomic mass is 16.4. The standard InChI is InChI=1S/C24H37N9O8/c25-14(7-8-18(26)35)20(37)32-16(10-12-3-5-13(34)6-4-12)21(38)33-17(11-19(27)36)22(39)31-15(23(40)41)2-1-9-30-24(28)29/h3-6,14-17,34H,1-2,7-11,25H2,(H2,26,35)(H2,27,36)(H,31,39)(H,32,37)(H,33,38)(H,40,41)(H4,28,29,30). The first-order valence-electron chi connectivity index (χ1n) is 12.5. The summed E-state index contributed by atoms with van der Waals surface area (Å²) in [6.45, 7) is 0.101. The smallest absolute Gasteiger partial charge is 0.326 e. The van der Waals surface area contributed by atoms with Crippen LogP contribution in [-0.2, 0) is 35.2 Å². The van der Waals surface area contributed by atoms with Crippen LogP contribution in [0.3, 0.4) is 0 Å². The molecular weight excluding hydrogens is 542 g/mol. The van der Waals surface area contributed by atoms with Crippen molar-refractivity contribution in [2.24, 2.45) is 33.7 Å². The maximum atomic E-state index is 13.3. The largest absolute Gasteiger partial charge is 0.508 e. The molecule has 0 spiro atoms. The van der Waals surface area contributed by atoms with Gasteiger partial charge in [0, 0.05) is 19.4 Å². The van der Waals surface area contributed by atoms with Crippen LogP contribution in [0, 0.1) is 0 Å². The lowest BCUT2D eigenvalue weighted by Crippen LogP contribution is -2.58. The van der Waals surface area contributed by atoms with Crippen LogP contribution in [0.5, 0.6) is 5.75 Å². The molecule has 0 bridgehead atoms. The Labute approximate surface area is 235 Å². The zero-order valence-corrected chi connectivity index (χ0v) is 22.2. The zero-order chi connectivity index (χ0) is 31.1. The minimum atomic E-state index is -1.60. The number of hydrogen-bond donors (Lipinski definition) is 10. The number of benzene rings is 1. The van der Waals surface area contributed by atoms with Crippen molar-refractivity contribution >= 4 is 41.5 Å². The van der Waals surface area contributed by atoms with Crippen molar-refractivity contribution in [1.82, 2.24) is 16.0 Å². The Morgan fingerprint density at radius 3 is 1.88 bits per heavy atom. The van der Waals surface area contributed by atoms with Gasteiger partial charge in [-0.3, -0.25) is 29.0 Å². The zero-order valence-electron chi connectivity index (χ0n) is 22.2. The summed E-state index contributed by atoms with van der Waals surface area (Å²) in [5.41, 5.74) is 27.1. The van der Waals surface area contributed by atoms with Crippen LogP contribution in [-0.4, -0.2) is 82.4 Å². The quantitative estimate of drug-likeness (QED) is 0.0453. The van der Waals surface area contributed by atoms with E-state index >= 15 is 0 Å². The van der Waals surface area contributed by atoms with Gasteiger partial charge < -0.3 is 54.8 Å². The number of primary amides is 2. The molecule has 4 unspecified atom stereocenters. The minimum Gasteiger partial charge on any atom is -0.508 e. The van der Waals surface area contributed by atoms with Crippen LogP contribution >= 0.6 is 0 Å². The monoisotopic (exact) mass is 579 g/mol. The highest BCUT2D eigenvalue weighted by Gasteiger charge is 2.31. The highest BCUT2D eigenvalue weighted by molar-refractivity contribution is 5.96. The Bertz CT molecular complexity index is 1120. The number of carboxylic acid groups (broad SMARTS) is 1.